The molecule has 0 bridgehead atoms. The van der Waals surface area contributed by atoms with Crippen LogP contribution < -0.4 is 5.32 Å². The summed E-state index contributed by atoms with van der Waals surface area (Å²) in [5.74, 6) is -1.46. The van der Waals surface area contributed by atoms with Gasteiger partial charge in [-0.25, -0.2) is 0 Å². The number of benzene rings is 1. The van der Waals surface area contributed by atoms with Crippen molar-refractivity contribution in [3.05, 3.63) is 29.3 Å². The first-order chi connectivity index (χ1) is 7.38. The van der Waals surface area contributed by atoms with Crippen LogP contribution in [0.1, 0.15) is 15.9 Å². The number of alkyl halides is 3. The zero-order chi connectivity index (χ0) is 12.3. The highest BCUT2D eigenvalue weighted by molar-refractivity contribution is 6.01. The van der Waals surface area contributed by atoms with Crippen molar-refractivity contribution in [1.82, 2.24) is 5.32 Å². The number of phenols is 1. The Labute approximate surface area is 89.9 Å². The Balaban J connectivity index is 3.30. The zero-order valence-electron chi connectivity index (χ0n) is 8.43. The van der Waals surface area contributed by atoms with E-state index in [2.05, 4.69) is 5.32 Å². The van der Waals surface area contributed by atoms with Gasteiger partial charge in [0.15, 0.2) is 5.78 Å². The molecule has 2 N–H and O–H groups in total. The minimum atomic E-state index is -4.66. The number of nitrogens with one attached hydrogen (secondary N) is 1. The maximum absolute atomic E-state index is 12.5. The van der Waals surface area contributed by atoms with Gasteiger partial charge in [0.05, 0.1) is 17.7 Å². The number of hydrogen-bond donors (Lipinski definition) is 2. The maximum atomic E-state index is 12.5. The number of aromatic hydroxyl groups is 1. The molecule has 0 aliphatic heterocycles. The summed E-state index contributed by atoms with van der Waals surface area (Å²) in [6, 6.07) is 2.87. The van der Waals surface area contributed by atoms with Crippen molar-refractivity contribution in [2.45, 2.75) is 6.18 Å². The molecule has 0 heterocycles. The SMILES string of the molecule is CNCC(=O)c1c(O)cccc1C(F)(F)F. The van der Waals surface area contributed by atoms with Gasteiger partial charge in [-0.15, -0.1) is 0 Å². The number of ketones is 1. The Morgan fingerprint density at radius 3 is 2.56 bits per heavy atom. The highest BCUT2D eigenvalue weighted by Gasteiger charge is 2.36. The molecule has 0 fully saturated rings. The summed E-state index contributed by atoms with van der Waals surface area (Å²) in [6.45, 7) is -0.263. The van der Waals surface area contributed by atoms with E-state index in [4.69, 9.17) is 0 Å². The second kappa shape index (κ2) is 4.52. The first-order valence-electron chi connectivity index (χ1n) is 4.45. The van der Waals surface area contributed by atoms with E-state index in [0.29, 0.717) is 0 Å². The van der Waals surface area contributed by atoms with E-state index in [0.717, 1.165) is 18.2 Å². The number of carbonyl (C=O) groups excluding carboxylic acids is 1. The van der Waals surface area contributed by atoms with Gasteiger partial charge in [0.2, 0.25) is 0 Å². The molecule has 0 saturated carbocycles. The molecular weight excluding hydrogens is 223 g/mol. The fourth-order valence-corrected chi connectivity index (χ4v) is 1.32. The topological polar surface area (TPSA) is 49.3 Å². The molecule has 3 nitrogen and oxygen atoms in total. The molecule has 0 saturated heterocycles. The number of halogens is 3. The third-order valence-corrected chi connectivity index (χ3v) is 1.96. The van der Waals surface area contributed by atoms with Crippen LogP contribution in [-0.2, 0) is 6.18 Å². The third-order valence-electron chi connectivity index (χ3n) is 1.96. The molecule has 0 radical (unpaired) electrons. The van der Waals surface area contributed by atoms with Gasteiger partial charge in [0, 0.05) is 0 Å². The van der Waals surface area contributed by atoms with E-state index in [1.54, 1.807) is 0 Å². The summed E-state index contributed by atoms with van der Waals surface area (Å²) in [5.41, 5.74) is -1.81. The lowest BCUT2D eigenvalue weighted by Gasteiger charge is -2.12. The molecule has 16 heavy (non-hydrogen) atoms. The minimum absolute atomic E-state index is 0.263. The lowest BCUT2D eigenvalue weighted by molar-refractivity contribution is -0.138. The Hall–Kier alpha value is -1.56. The Bertz CT molecular complexity index is 402. The average molecular weight is 233 g/mol. The highest BCUT2D eigenvalue weighted by atomic mass is 19.4. The van der Waals surface area contributed by atoms with Gasteiger partial charge in [-0.3, -0.25) is 4.79 Å². The second-order valence-electron chi connectivity index (χ2n) is 3.15. The van der Waals surface area contributed by atoms with Crippen LogP contribution in [0.3, 0.4) is 0 Å². The summed E-state index contributed by atoms with van der Waals surface area (Å²) in [5, 5.41) is 11.7. The van der Waals surface area contributed by atoms with E-state index in [-0.39, 0.29) is 6.54 Å². The van der Waals surface area contributed by atoms with Gasteiger partial charge >= 0.3 is 6.18 Å². The number of hydrogen-bond acceptors (Lipinski definition) is 3. The molecule has 0 unspecified atom stereocenters. The molecule has 0 aliphatic carbocycles. The number of Topliss-reactive ketones (excluding diaryl/α,β-unsaturated/α-hetero) is 1. The van der Waals surface area contributed by atoms with Crippen molar-refractivity contribution < 1.29 is 23.1 Å². The van der Waals surface area contributed by atoms with Crippen LogP contribution in [-0.4, -0.2) is 24.5 Å². The molecule has 1 aromatic rings. The van der Waals surface area contributed by atoms with Gasteiger partial charge in [-0.2, -0.15) is 13.2 Å². The molecule has 0 aliphatic rings. The maximum Gasteiger partial charge on any atom is 0.417 e. The fraction of sp³-hybridized carbons (Fsp3) is 0.300. The van der Waals surface area contributed by atoms with Crippen LogP contribution in [0.25, 0.3) is 0 Å². The third kappa shape index (κ3) is 2.52. The lowest BCUT2D eigenvalue weighted by Crippen LogP contribution is -2.22. The normalized spacial score (nSPS) is 11.5. The first-order valence-corrected chi connectivity index (χ1v) is 4.45. The van der Waals surface area contributed by atoms with Crippen LogP contribution in [0, 0.1) is 0 Å². The lowest BCUT2D eigenvalue weighted by atomic mass is 10.0. The summed E-state index contributed by atoms with van der Waals surface area (Å²) >= 11 is 0. The average Bonchev–Trinajstić information content (AvgIpc) is 2.16. The number of phenolic OH excluding ortho intramolecular Hbond substituents is 1. The summed E-state index contributed by atoms with van der Waals surface area (Å²) < 4.78 is 37.6. The second-order valence-corrected chi connectivity index (χ2v) is 3.15. The van der Waals surface area contributed by atoms with Crippen molar-refractivity contribution in [2.24, 2.45) is 0 Å². The Morgan fingerprint density at radius 2 is 2.06 bits per heavy atom. The molecular formula is C10H10F3NO2. The molecule has 6 heteroatoms. The molecule has 0 aromatic heterocycles. The molecule has 0 atom stereocenters. The number of rotatable bonds is 3. The van der Waals surface area contributed by atoms with Gasteiger partial charge in [0.1, 0.15) is 5.75 Å². The molecule has 1 rings (SSSR count). The van der Waals surface area contributed by atoms with Crippen molar-refractivity contribution in [3.8, 4) is 5.75 Å². The van der Waals surface area contributed by atoms with Gasteiger partial charge in [-0.05, 0) is 19.2 Å². The standard InChI is InChI=1S/C10H10F3NO2/c1-14-5-8(16)9-6(10(11,12)13)3-2-4-7(9)15/h2-4,14-15H,5H2,1H3. The van der Waals surface area contributed by atoms with Crippen LogP contribution in [0.15, 0.2) is 18.2 Å². The van der Waals surface area contributed by atoms with E-state index in [1.807, 2.05) is 0 Å². The summed E-state index contributed by atoms with van der Waals surface area (Å²) in [6.07, 6.45) is -4.66. The van der Waals surface area contributed by atoms with Gasteiger partial charge < -0.3 is 10.4 Å². The fourth-order valence-electron chi connectivity index (χ4n) is 1.32. The smallest absolute Gasteiger partial charge is 0.417 e. The molecule has 0 amide bonds. The number of carbonyl (C=O) groups is 1. The number of likely N-dealkylation sites (N-methyl/N-ethyl adjacent to an activating group) is 1. The van der Waals surface area contributed by atoms with Crippen LogP contribution in [0.2, 0.25) is 0 Å². The zero-order valence-corrected chi connectivity index (χ0v) is 8.43. The van der Waals surface area contributed by atoms with Crippen molar-refractivity contribution >= 4 is 5.78 Å². The van der Waals surface area contributed by atoms with E-state index < -0.39 is 28.8 Å². The van der Waals surface area contributed by atoms with Crippen LogP contribution >= 0.6 is 0 Å². The molecule has 0 spiro atoms. The summed E-state index contributed by atoms with van der Waals surface area (Å²) in [4.78, 5) is 11.4. The van der Waals surface area contributed by atoms with Gasteiger partial charge in [0.25, 0.3) is 0 Å². The van der Waals surface area contributed by atoms with Crippen molar-refractivity contribution in [1.29, 1.82) is 0 Å². The highest BCUT2D eigenvalue weighted by Crippen LogP contribution is 2.35. The Kier molecular flexibility index (Phi) is 3.54. The van der Waals surface area contributed by atoms with Gasteiger partial charge in [-0.1, -0.05) is 6.07 Å². The largest absolute Gasteiger partial charge is 0.507 e. The molecule has 1 aromatic carbocycles. The quantitative estimate of drug-likeness (QED) is 0.783. The van der Waals surface area contributed by atoms with Crippen LogP contribution in [0.4, 0.5) is 13.2 Å². The Morgan fingerprint density at radius 1 is 1.44 bits per heavy atom. The summed E-state index contributed by atoms with van der Waals surface area (Å²) in [7, 11) is 1.44. The van der Waals surface area contributed by atoms with Crippen molar-refractivity contribution in [3.63, 3.8) is 0 Å². The van der Waals surface area contributed by atoms with Crippen LogP contribution in [0.5, 0.6) is 5.75 Å². The van der Waals surface area contributed by atoms with Crippen molar-refractivity contribution in [2.75, 3.05) is 13.6 Å². The monoisotopic (exact) mass is 233 g/mol. The minimum Gasteiger partial charge on any atom is -0.507 e. The first kappa shape index (κ1) is 12.5. The predicted molar refractivity (Wildman–Crippen MR) is 51.4 cm³/mol. The van der Waals surface area contributed by atoms with E-state index in [9.17, 15) is 23.1 Å². The van der Waals surface area contributed by atoms with E-state index in [1.165, 1.54) is 7.05 Å². The molecule has 88 valence electrons. The predicted octanol–water partition coefficient (Wildman–Crippen LogP) is 1.81. The van der Waals surface area contributed by atoms with E-state index >= 15 is 0 Å².